The van der Waals surface area contributed by atoms with Crippen molar-refractivity contribution in [2.24, 2.45) is 0 Å². The summed E-state index contributed by atoms with van der Waals surface area (Å²) in [5, 5.41) is 9.12. The van der Waals surface area contributed by atoms with Crippen LogP contribution in [-0.4, -0.2) is 11.1 Å². The second-order valence-corrected chi connectivity index (χ2v) is 5.76. The maximum atomic E-state index is 11.1. The number of aliphatic carboxylic acids is 1. The third kappa shape index (κ3) is 2.43. The highest BCUT2D eigenvalue weighted by Gasteiger charge is 2.29. The first-order chi connectivity index (χ1) is 7.15. The number of carboxylic acids is 1. The third-order valence-corrected chi connectivity index (χ3v) is 3.01. The number of hydrogen-bond acceptors (Lipinski definition) is 1. The molecule has 0 saturated carbocycles. The second kappa shape index (κ2) is 3.93. The van der Waals surface area contributed by atoms with Crippen molar-refractivity contribution in [1.82, 2.24) is 0 Å². The number of hydrogen-bond donors (Lipinski definition) is 1. The maximum absolute atomic E-state index is 11.1. The largest absolute Gasteiger partial charge is 0.481 e. The fraction of sp³-hybridized carbons (Fsp3) is 0.500. The first-order valence-corrected chi connectivity index (χ1v) is 5.50. The number of rotatable bonds is 2. The van der Waals surface area contributed by atoms with Gasteiger partial charge in [-0.25, -0.2) is 0 Å². The van der Waals surface area contributed by atoms with Gasteiger partial charge in [0.05, 0.1) is 5.41 Å². The molecule has 0 aliphatic rings. The Morgan fingerprint density at radius 1 is 0.938 bits per heavy atom. The van der Waals surface area contributed by atoms with E-state index in [1.165, 1.54) is 5.56 Å². The summed E-state index contributed by atoms with van der Waals surface area (Å²) in [6, 6.07) is 7.85. The van der Waals surface area contributed by atoms with Gasteiger partial charge in [0.1, 0.15) is 0 Å². The normalized spacial score (nSPS) is 12.6. The van der Waals surface area contributed by atoms with E-state index in [1.54, 1.807) is 13.8 Å². The molecule has 2 heteroatoms. The molecule has 0 heterocycles. The lowest BCUT2D eigenvalue weighted by Gasteiger charge is -2.23. The Labute approximate surface area is 97.3 Å². The molecule has 0 fully saturated rings. The van der Waals surface area contributed by atoms with Gasteiger partial charge in [-0.15, -0.1) is 0 Å². The molecule has 0 spiro atoms. The van der Waals surface area contributed by atoms with Crippen LogP contribution >= 0.6 is 0 Å². The van der Waals surface area contributed by atoms with Gasteiger partial charge in [-0.2, -0.15) is 0 Å². The van der Waals surface area contributed by atoms with Gasteiger partial charge in [-0.05, 0) is 30.4 Å². The predicted octanol–water partition coefficient (Wildman–Crippen LogP) is 3.35. The SMILES string of the molecule is CC(C)(C)c1ccc(C(C)(C)C(=O)O)cc1. The molecule has 2 nitrogen and oxygen atoms in total. The highest BCUT2D eigenvalue weighted by Crippen LogP contribution is 2.27. The van der Waals surface area contributed by atoms with Crippen molar-refractivity contribution >= 4 is 5.97 Å². The minimum atomic E-state index is -0.823. The summed E-state index contributed by atoms with van der Waals surface area (Å²) in [5.74, 6) is -0.795. The van der Waals surface area contributed by atoms with Crippen molar-refractivity contribution < 1.29 is 9.90 Å². The average Bonchev–Trinajstić information content (AvgIpc) is 2.16. The highest BCUT2D eigenvalue weighted by atomic mass is 16.4. The molecule has 0 saturated heterocycles. The molecule has 16 heavy (non-hydrogen) atoms. The summed E-state index contributed by atoms with van der Waals surface area (Å²) in [5.41, 5.74) is 1.34. The minimum absolute atomic E-state index is 0.103. The monoisotopic (exact) mass is 220 g/mol. The Balaban J connectivity index is 3.09. The molecular formula is C14H20O2. The molecule has 0 aromatic heterocycles. The van der Waals surface area contributed by atoms with Crippen LogP contribution < -0.4 is 0 Å². The predicted molar refractivity (Wildman–Crippen MR) is 65.8 cm³/mol. The summed E-state index contributed by atoms with van der Waals surface area (Å²) in [6.45, 7) is 9.88. The average molecular weight is 220 g/mol. The molecule has 0 aliphatic heterocycles. The van der Waals surface area contributed by atoms with Crippen LogP contribution in [0.4, 0.5) is 0 Å². The molecule has 0 radical (unpaired) electrons. The van der Waals surface area contributed by atoms with Gasteiger partial charge >= 0.3 is 5.97 Å². The van der Waals surface area contributed by atoms with E-state index in [0.29, 0.717) is 0 Å². The summed E-state index contributed by atoms with van der Waals surface area (Å²) in [7, 11) is 0. The standard InChI is InChI=1S/C14H20O2/c1-13(2,3)10-6-8-11(9-7-10)14(4,5)12(15)16/h6-9H,1-5H3,(H,15,16). The zero-order valence-electron chi connectivity index (χ0n) is 10.7. The van der Waals surface area contributed by atoms with Crippen LogP contribution in [0.1, 0.15) is 45.7 Å². The van der Waals surface area contributed by atoms with Crippen molar-refractivity contribution in [3.05, 3.63) is 35.4 Å². The van der Waals surface area contributed by atoms with E-state index >= 15 is 0 Å². The second-order valence-electron chi connectivity index (χ2n) is 5.76. The van der Waals surface area contributed by atoms with Gasteiger partial charge in [0.25, 0.3) is 0 Å². The zero-order valence-corrected chi connectivity index (χ0v) is 10.7. The number of benzene rings is 1. The van der Waals surface area contributed by atoms with E-state index in [2.05, 4.69) is 20.8 Å². The topological polar surface area (TPSA) is 37.3 Å². The smallest absolute Gasteiger partial charge is 0.313 e. The van der Waals surface area contributed by atoms with E-state index in [-0.39, 0.29) is 5.41 Å². The summed E-state index contributed by atoms with van der Waals surface area (Å²) >= 11 is 0. The summed E-state index contributed by atoms with van der Waals surface area (Å²) in [6.07, 6.45) is 0. The van der Waals surface area contributed by atoms with Crippen LogP contribution in [0.5, 0.6) is 0 Å². The first-order valence-electron chi connectivity index (χ1n) is 5.50. The Hall–Kier alpha value is -1.31. The molecule has 1 aromatic rings. The lowest BCUT2D eigenvalue weighted by Crippen LogP contribution is -2.28. The molecule has 0 atom stereocenters. The zero-order chi connectivity index (χ0) is 12.6. The molecular weight excluding hydrogens is 200 g/mol. The summed E-state index contributed by atoms with van der Waals surface area (Å²) in [4.78, 5) is 11.1. The van der Waals surface area contributed by atoms with Crippen LogP contribution in [0.15, 0.2) is 24.3 Å². The fourth-order valence-electron chi connectivity index (χ4n) is 1.51. The van der Waals surface area contributed by atoms with Gasteiger partial charge in [-0.1, -0.05) is 45.0 Å². The van der Waals surface area contributed by atoms with Crippen molar-refractivity contribution in [1.29, 1.82) is 0 Å². The third-order valence-electron chi connectivity index (χ3n) is 3.01. The van der Waals surface area contributed by atoms with Crippen LogP contribution in [0.3, 0.4) is 0 Å². The molecule has 1 aromatic carbocycles. The lowest BCUT2D eigenvalue weighted by molar-refractivity contribution is -0.142. The van der Waals surface area contributed by atoms with Gasteiger partial charge < -0.3 is 5.11 Å². The van der Waals surface area contributed by atoms with E-state index < -0.39 is 11.4 Å². The molecule has 0 amide bonds. The first kappa shape index (κ1) is 12.8. The molecule has 1 N–H and O–H groups in total. The van der Waals surface area contributed by atoms with Crippen LogP contribution in [0.2, 0.25) is 0 Å². The van der Waals surface area contributed by atoms with Crippen LogP contribution in [0.25, 0.3) is 0 Å². The van der Waals surface area contributed by atoms with E-state index in [4.69, 9.17) is 5.11 Å². The fourth-order valence-corrected chi connectivity index (χ4v) is 1.51. The lowest BCUT2D eigenvalue weighted by atomic mass is 9.81. The molecule has 0 aliphatic carbocycles. The van der Waals surface area contributed by atoms with E-state index in [9.17, 15) is 4.79 Å². The van der Waals surface area contributed by atoms with Crippen molar-refractivity contribution in [3.63, 3.8) is 0 Å². The molecule has 88 valence electrons. The van der Waals surface area contributed by atoms with Crippen molar-refractivity contribution in [3.8, 4) is 0 Å². The number of carboxylic acid groups (broad SMARTS) is 1. The van der Waals surface area contributed by atoms with Crippen LogP contribution in [-0.2, 0) is 15.6 Å². The van der Waals surface area contributed by atoms with Gasteiger partial charge in [0, 0.05) is 0 Å². The Morgan fingerprint density at radius 2 is 1.31 bits per heavy atom. The van der Waals surface area contributed by atoms with E-state index in [1.807, 2.05) is 24.3 Å². The van der Waals surface area contributed by atoms with Gasteiger partial charge in [0.2, 0.25) is 0 Å². The molecule has 0 unspecified atom stereocenters. The molecule has 1 rings (SSSR count). The Kier molecular flexibility index (Phi) is 3.13. The van der Waals surface area contributed by atoms with Crippen LogP contribution in [0, 0.1) is 0 Å². The summed E-state index contributed by atoms with van der Waals surface area (Å²) < 4.78 is 0. The Morgan fingerprint density at radius 3 is 1.62 bits per heavy atom. The quantitative estimate of drug-likeness (QED) is 0.830. The van der Waals surface area contributed by atoms with E-state index in [0.717, 1.165) is 5.56 Å². The Bertz CT molecular complexity index is 380. The number of carbonyl (C=O) groups is 1. The highest BCUT2D eigenvalue weighted by molar-refractivity contribution is 5.80. The van der Waals surface area contributed by atoms with Gasteiger partial charge in [0.15, 0.2) is 0 Å². The van der Waals surface area contributed by atoms with Gasteiger partial charge in [-0.3, -0.25) is 4.79 Å². The molecule has 0 bridgehead atoms. The minimum Gasteiger partial charge on any atom is -0.481 e. The maximum Gasteiger partial charge on any atom is 0.313 e. The van der Waals surface area contributed by atoms with Crippen molar-refractivity contribution in [2.45, 2.75) is 45.4 Å². The van der Waals surface area contributed by atoms with Crippen molar-refractivity contribution in [2.75, 3.05) is 0 Å².